The fourth-order valence-electron chi connectivity index (χ4n) is 5.82. The highest BCUT2D eigenvalue weighted by molar-refractivity contribution is 5.95. The molecule has 0 saturated carbocycles. The highest BCUT2D eigenvalue weighted by atomic mass is 16.5. The zero-order valence-electron chi connectivity index (χ0n) is 20.4. The molecule has 2 atom stereocenters. The number of piperidine rings is 2. The summed E-state index contributed by atoms with van der Waals surface area (Å²) >= 11 is 0. The van der Waals surface area contributed by atoms with E-state index in [1.165, 1.54) is 38.8 Å². The van der Waals surface area contributed by atoms with Gasteiger partial charge < -0.3 is 19.0 Å². The van der Waals surface area contributed by atoms with Crippen LogP contribution in [0.1, 0.15) is 42.5 Å². The van der Waals surface area contributed by atoms with Crippen LogP contribution in [0.2, 0.25) is 0 Å². The van der Waals surface area contributed by atoms with Crippen LogP contribution in [0.4, 0.5) is 0 Å². The normalized spacial score (nSPS) is 20.5. The molecule has 3 aromatic rings. The monoisotopic (exact) mass is 474 g/mol. The Balaban J connectivity index is 1.41. The minimum atomic E-state index is -0.399. The Hall–Kier alpha value is -2.96. The Bertz CT molecular complexity index is 1230. The van der Waals surface area contributed by atoms with Crippen molar-refractivity contribution >= 4 is 16.9 Å². The van der Waals surface area contributed by atoms with Crippen LogP contribution in [0.3, 0.4) is 0 Å². The Kier molecular flexibility index (Phi) is 7.30. The van der Waals surface area contributed by atoms with Gasteiger partial charge in [0.25, 0.3) is 5.91 Å². The number of rotatable bonds is 7. The van der Waals surface area contributed by atoms with E-state index in [2.05, 4.69) is 4.90 Å². The number of methoxy groups -OCH3 is 1. The maximum atomic E-state index is 13.7. The maximum Gasteiger partial charge on any atom is 0.344 e. The first-order valence-electron chi connectivity index (χ1n) is 12.8. The molecule has 1 amide bonds. The molecule has 6 heteroatoms. The quantitative estimate of drug-likeness (QED) is 0.460. The molecule has 0 aliphatic carbocycles. The van der Waals surface area contributed by atoms with Gasteiger partial charge in [0.05, 0.1) is 12.2 Å². The average molecular weight is 475 g/mol. The zero-order chi connectivity index (χ0) is 24.2. The molecule has 5 rings (SSSR count). The highest BCUT2D eigenvalue weighted by Crippen LogP contribution is 2.32. The number of hydrogen-bond acceptors (Lipinski definition) is 5. The minimum Gasteiger partial charge on any atom is -0.422 e. The van der Waals surface area contributed by atoms with E-state index in [1.807, 2.05) is 53.4 Å². The number of hydrogen-bond donors (Lipinski definition) is 0. The lowest BCUT2D eigenvalue weighted by molar-refractivity contribution is 0.0315. The van der Waals surface area contributed by atoms with Crippen LogP contribution in [-0.2, 0) is 4.74 Å². The molecule has 1 aromatic heterocycles. The summed E-state index contributed by atoms with van der Waals surface area (Å²) in [5.74, 6) is 0.475. The molecule has 2 aliphatic heterocycles. The first kappa shape index (κ1) is 23.8. The van der Waals surface area contributed by atoms with Crippen LogP contribution in [0.15, 0.2) is 63.8 Å². The van der Waals surface area contributed by atoms with E-state index >= 15 is 0 Å². The Labute approximate surface area is 206 Å². The van der Waals surface area contributed by atoms with Crippen molar-refractivity contribution in [3.05, 3.63) is 70.6 Å². The molecule has 184 valence electrons. The van der Waals surface area contributed by atoms with Crippen LogP contribution in [0.25, 0.3) is 22.1 Å². The van der Waals surface area contributed by atoms with Gasteiger partial charge in [0.15, 0.2) is 0 Å². The minimum absolute atomic E-state index is 0.0120. The number of amides is 1. The van der Waals surface area contributed by atoms with Gasteiger partial charge in [0.2, 0.25) is 0 Å². The molecular weight excluding hydrogens is 440 g/mol. The molecule has 6 nitrogen and oxygen atoms in total. The lowest BCUT2D eigenvalue weighted by atomic mass is 9.83. The van der Waals surface area contributed by atoms with E-state index in [0.29, 0.717) is 47.4 Å². The van der Waals surface area contributed by atoms with Crippen molar-refractivity contribution in [1.29, 1.82) is 0 Å². The van der Waals surface area contributed by atoms with Crippen molar-refractivity contribution in [2.45, 2.75) is 38.1 Å². The topological polar surface area (TPSA) is 63.0 Å². The number of fused-ring (bicyclic) bond motifs is 2. The Morgan fingerprint density at radius 1 is 1.06 bits per heavy atom. The third-order valence-electron chi connectivity index (χ3n) is 7.60. The maximum absolute atomic E-state index is 13.7. The lowest BCUT2D eigenvalue weighted by Crippen LogP contribution is -2.52. The second-order valence-corrected chi connectivity index (χ2v) is 9.81. The number of ether oxygens (including phenoxy) is 1. The molecule has 0 spiro atoms. The Morgan fingerprint density at radius 3 is 2.80 bits per heavy atom. The smallest absolute Gasteiger partial charge is 0.344 e. The summed E-state index contributed by atoms with van der Waals surface area (Å²) in [5, 5.41) is 0.856. The average Bonchev–Trinajstić information content (AvgIpc) is 2.90. The van der Waals surface area contributed by atoms with Crippen molar-refractivity contribution in [3.8, 4) is 11.1 Å². The van der Waals surface area contributed by atoms with Crippen molar-refractivity contribution < 1.29 is 13.9 Å². The second-order valence-electron chi connectivity index (χ2n) is 9.81. The van der Waals surface area contributed by atoms with Crippen LogP contribution in [0.5, 0.6) is 0 Å². The van der Waals surface area contributed by atoms with Crippen molar-refractivity contribution in [2.75, 3.05) is 39.9 Å². The second kappa shape index (κ2) is 10.8. The van der Waals surface area contributed by atoms with Crippen LogP contribution >= 0.6 is 0 Å². The number of nitrogens with zero attached hydrogens (tertiary/aromatic N) is 2. The molecule has 0 bridgehead atoms. The first-order chi connectivity index (χ1) is 17.1. The number of carbonyl (C=O) groups excluding carboxylic acids is 1. The highest BCUT2D eigenvalue weighted by Gasteiger charge is 2.34. The van der Waals surface area contributed by atoms with E-state index in [9.17, 15) is 9.59 Å². The molecule has 2 aliphatic rings. The van der Waals surface area contributed by atoms with E-state index < -0.39 is 5.63 Å². The van der Waals surface area contributed by atoms with Gasteiger partial charge in [-0.25, -0.2) is 4.79 Å². The van der Waals surface area contributed by atoms with Gasteiger partial charge in [0.1, 0.15) is 5.58 Å². The lowest BCUT2D eigenvalue weighted by Gasteiger charge is -2.45. The van der Waals surface area contributed by atoms with Gasteiger partial charge in [-0.3, -0.25) is 4.79 Å². The van der Waals surface area contributed by atoms with Crippen LogP contribution in [0, 0.1) is 5.92 Å². The first-order valence-corrected chi connectivity index (χ1v) is 12.8. The van der Waals surface area contributed by atoms with Crippen LogP contribution in [-0.4, -0.2) is 61.6 Å². The molecular formula is C29H34N2O4. The molecule has 3 heterocycles. The van der Waals surface area contributed by atoms with Gasteiger partial charge in [0, 0.05) is 37.2 Å². The van der Waals surface area contributed by atoms with Gasteiger partial charge >= 0.3 is 5.63 Å². The number of para-hydroxylation sites is 1. The summed E-state index contributed by atoms with van der Waals surface area (Å²) in [6, 6.07) is 17.2. The van der Waals surface area contributed by atoms with E-state index in [0.717, 1.165) is 18.4 Å². The predicted molar refractivity (Wildman–Crippen MR) is 138 cm³/mol. The van der Waals surface area contributed by atoms with Crippen molar-refractivity contribution in [1.82, 2.24) is 9.80 Å². The summed E-state index contributed by atoms with van der Waals surface area (Å²) in [5.41, 5.74) is 1.90. The summed E-state index contributed by atoms with van der Waals surface area (Å²) in [6.07, 6.45) is 6.15. The van der Waals surface area contributed by atoms with E-state index in [1.54, 1.807) is 13.2 Å². The fourth-order valence-corrected chi connectivity index (χ4v) is 5.82. The third kappa shape index (κ3) is 5.19. The summed E-state index contributed by atoms with van der Waals surface area (Å²) in [7, 11) is 1.67. The predicted octanol–water partition coefficient (Wildman–Crippen LogP) is 4.81. The molecule has 0 N–H and O–H groups in total. The van der Waals surface area contributed by atoms with E-state index in [-0.39, 0.29) is 5.91 Å². The molecule has 0 radical (unpaired) electrons. The van der Waals surface area contributed by atoms with Crippen LogP contribution < -0.4 is 5.63 Å². The van der Waals surface area contributed by atoms with Crippen molar-refractivity contribution in [3.63, 3.8) is 0 Å². The molecule has 35 heavy (non-hydrogen) atoms. The summed E-state index contributed by atoms with van der Waals surface area (Å²) < 4.78 is 10.9. The summed E-state index contributed by atoms with van der Waals surface area (Å²) in [4.78, 5) is 31.0. The zero-order valence-corrected chi connectivity index (χ0v) is 20.4. The third-order valence-corrected chi connectivity index (χ3v) is 7.60. The van der Waals surface area contributed by atoms with Gasteiger partial charge in [-0.05, 0) is 74.5 Å². The molecule has 2 fully saturated rings. The Morgan fingerprint density at radius 2 is 1.91 bits per heavy atom. The summed E-state index contributed by atoms with van der Waals surface area (Å²) in [6.45, 7) is 4.17. The SMILES string of the molecule is COCCN(C[C@@H]1CCCN2CCCC[C@H]12)C(=O)c1cccc(-c2cc3ccccc3oc2=O)c1. The number of carbonyl (C=O) groups is 1. The molecule has 2 aromatic carbocycles. The van der Waals surface area contributed by atoms with Gasteiger partial charge in [-0.1, -0.05) is 36.8 Å². The molecule has 2 saturated heterocycles. The molecule has 0 unspecified atom stereocenters. The number of benzene rings is 2. The fraction of sp³-hybridized carbons (Fsp3) is 0.448. The van der Waals surface area contributed by atoms with Crippen molar-refractivity contribution in [2.24, 2.45) is 5.92 Å². The standard InChI is InChI=1S/C29H34N2O4/c1-34-17-16-31(20-24-11-7-15-30-14-5-4-12-26(24)30)28(32)23-10-6-9-21(18-23)25-19-22-8-2-3-13-27(22)35-29(25)33/h2-3,6,8-10,13,18-19,24,26H,4-5,7,11-12,14-17,20H2,1H3/t24-,26+/m0/s1. The van der Waals surface area contributed by atoms with Gasteiger partial charge in [-0.15, -0.1) is 0 Å². The van der Waals surface area contributed by atoms with E-state index in [4.69, 9.17) is 9.15 Å². The van der Waals surface area contributed by atoms with Gasteiger partial charge in [-0.2, -0.15) is 0 Å². The largest absolute Gasteiger partial charge is 0.422 e.